The molecule has 1 rings (SSSR count). The quantitative estimate of drug-likeness (QED) is 0.0350. The molecule has 2 N–H and O–H groups in total. The van der Waals surface area contributed by atoms with Gasteiger partial charge in [-0.1, -0.05) is 175 Å². The number of aliphatic hydroxyl groups excluding tert-OH is 1. The minimum Gasteiger partial charge on any atom is -0.466 e. The Morgan fingerprint density at radius 1 is 0.597 bits per heavy atom. The summed E-state index contributed by atoms with van der Waals surface area (Å²) in [6.45, 7) is 9.72. The van der Waals surface area contributed by atoms with Gasteiger partial charge in [0.15, 0.2) is 6.29 Å². The van der Waals surface area contributed by atoms with Crippen LogP contribution < -0.4 is 5.32 Å². The van der Waals surface area contributed by atoms with Crippen molar-refractivity contribution in [2.45, 2.75) is 270 Å². The Balaban J connectivity index is 2.38. The molecule has 0 spiro atoms. The molecule has 1 aliphatic heterocycles. The van der Waals surface area contributed by atoms with Crippen molar-refractivity contribution in [1.29, 1.82) is 0 Å². The maximum absolute atomic E-state index is 13.4. The van der Waals surface area contributed by atoms with E-state index in [1.165, 1.54) is 122 Å². The molecule has 0 bridgehead atoms. The molecule has 0 aromatic carbocycles. The van der Waals surface area contributed by atoms with Gasteiger partial charge in [0, 0.05) is 32.0 Å². The summed E-state index contributed by atoms with van der Waals surface area (Å²) in [6.07, 6.45) is 37.5. The summed E-state index contributed by atoms with van der Waals surface area (Å²) < 4.78 is 17.5. The molecule has 10 nitrogen and oxygen atoms in total. The first kappa shape index (κ1) is 58.3. The van der Waals surface area contributed by atoms with Crippen molar-refractivity contribution in [3.63, 3.8) is 0 Å². The zero-order chi connectivity index (χ0) is 45.3. The van der Waals surface area contributed by atoms with Gasteiger partial charge in [-0.3, -0.25) is 19.3 Å². The summed E-state index contributed by atoms with van der Waals surface area (Å²) in [7, 11) is 3.92. The lowest BCUT2D eigenvalue weighted by molar-refractivity contribution is -0.149. The highest BCUT2D eigenvalue weighted by molar-refractivity contribution is 5.78. The maximum atomic E-state index is 13.4. The van der Waals surface area contributed by atoms with Crippen LogP contribution in [-0.4, -0.2) is 104 Å². The molecular formula is C52H101N3O7. The number of amides is 1. The Hall–Kier alpha value is -1.75. The van der Waals surface area contributed by atoms with Gasteiger partial charge in [0.1, 0.15) is 6.04 Å². The molecule has 0 saturated carbocycles. The van der Waals surface area contributed by atoms with Crippen LogP contribution in [0.3, 0.4) is 0 Å². The molecule has 62 heavy (non-hydrogen) atoms. The first-order valence-corrected chi connectivity index (χ1v) is 26.5. The van der Waals surface area contributed by atoms with Gasteiger partial charge in [0.05, 0.1) is 19.3 Å². The highest BCUT2D eigenvalue weighted by Gasteiger charge is 2.38. The largest absolute Gasteiger partial charge is 0.466 e. The number of rotatable bonds is 45. The minimum absolute atomic E-state index is 0.0128. The number of hydrogen-bond donors (Lipinski definition) is 2. The van der Waals surface area contributed by atoms with Crippen LogP contribution in [0.5, 0.6) is 0 Å². The molecule has 1 fully saturated rings. The topological polar surface area (TPSA) is 118 Å². The van der Waals surface area contributed by atoms with Crippen molar-refractivity contribution >= 4 is 17.8 Å². The van der Waals surface area contributed by atoms with E-state index in [4.69, 9.17) is 14.2 Å². The molecule has 0 aromatic rings. The third kappa shape index (κ3) is 34.6. The normalized spacial score (nSPS) is 16.1. The van der Waals surface area contributed by atoms with Crippen LogP contribution in [0.4, 0.5) is 0 Å². The highest BCUT2D eigenvalue weighted by Crippen LogP contribution is 2.22. The number of ether oxygens (including phenoxy) is 3. The Morgan fingerprint density at radius 2 is 1.06 bits per heavy atom. The van der Waals surface area contributed by atoms with Gasteiger partial charge >= 0.3 is 11.9 Å². The van der Waals surface area contributed by atoms with Crippen molar-refractivity contribution in [3.8, 4) is 0 Å². The predicted molar refractivity (Wildman–Crippen MR) is 257 cm³/mol. The third-order valence-electron chi connectivity index (χ3n) is 12.6. The summed E-state index contributed by atoms with van der Waals surface area (Å²) in [4.78, 5) is 42.5. The maximum Gasteiger partial charge on any atom is 0.323 e. The predicted octanol–water partition coefficient (Wildman–Crippen LogP) is 12.2. The van der Waals surface area contributed by atoms with Gasteiger partial charge in [-0.2, -0.15) is 0 Å². The van der Waals surface area contributed by atoms with E-state index in [-0.39, 0.29) is 36.0 Å². The second-order valence-electron chi connectivity index (χ2n) is 19.0. The van der Waals surface area contributed by atoms with Crippen LogP contribution in [0.1, 0.15) is 245 Å². The van der Waals surface area contributed by atoms with E-state index >= 15 is 0 Å². The van der Waals surface area contributed by atoms with Gasteiger partial charge in [-0.25, -0.2) is 0 Å². The number of likely N-dealkylation sites (tertiary alicyclic amines) is 1. The molecule has 0 radical (unpaired) electrons. The Bertz CT molecular complexity index is 1030. The molecule has 0 aliphatic carbocycles. The summed E-state index contributed by atoms with van der Waals surface area (Å²) in [5.41, 5.74) is 0. The number of esters is 2. The standard InChI is InChI=1S/C52H101N3O7/c1-6-9-12-15-18-19-20-25-33-42-60-50(57)37-31-27-32-40-55-45-46(53-49(56)39-41-54(4)5)44-48(55)52(59)61-43-34-26-21-24-30-38-51(58)62-47(35-28-22-16-13-10-7-2)36-29-23-17-14-11-8-3/h46-48,51,58H,6-45H2,1-5H3,(H,53,56)/t46?,48-,51?/m0/s1. The minimum atomic E-state index is -0.687. The molecule has 1 saturated heterocycles. The van der Waals surface area contributed by atoms with Crippen LogP contribution in [0, 0.1) is 0 Å². The van der Waals surface area contributed by atoms with E-state index in [0.29, 0.717) is 52.0 Å². The molecule has 0 aromatic heterocycles. The summed E-state index contributed by atoms with van der Waals surface area (Å²) >= 11 is 0. The Morgan fingerprint density at radius 3 is 1.60 bits per heavy atom. The number of nitrogens with zero attached hydrogens (tertiary/aromatic N) is 2. The second-order valence-corrected chi connectivity index (χ2v) is 19.0. The zero-order valence-corrected chi connectivity index (χ0v) is 41.4. The molecule has 366 valence electrons. The van der Waals surface area contributed by atoms with Crippen LogP contribution in [0.2, 0.25) is 0 Å². The third-order valence-corrected chi connectivity index (χ3v) is 12.6. The zero-order valence-electron chi connectivity index (χ0n) is 41.4. The second kappa shape index (κ2) is 41.9. The molecular weight excluding hydrogens is 779 g/mol. The Kier molecular flexibility index (Phi) is 39.4. The molecule has 1 amide bonds. The van der Waals surface area contributed by atoms with Gasteiger partial charge in [0.2, 0.25) is 5.91 Å². The average Bonchev–Trinajstić information content (AvgIpc) is 3.65. The molecule has 2 unspecified atom stereocenters. The number of aliphatic hydroxyl groups is 1. The number of carbonyl (C=O) groups is 3. The van der Waals surface area contributed by atoms with E-state index < -0.39 is 6.29 Å². The fourth-order valence-electron chi connectivity index (χ4n) is 8.65. The number of nitrogens with one attached hydrogen (secondary N) is 1. The van der Waals surface area contributed by atoms with Crippen molar-refractivity contribution in [2.24, 2.45) is 0 Å². The van der Waals surface area contributed by atoms with Crippen LogP contribution in [0.25, 0.3) is 0 Å². The SMILES string of the molecule is CCCCCCCCCCCOC(=O)CCCCCN1CC(NC(=O)CCN(C)C)C[C@H]1C(=O)OCCCCCCCC(O)OC(CCCCCCCC)CCCCCCCC. The first-order valence-electron chi connectivity index (χ1n) is 26.5. The van der Waals surface area contributed by atoms with Crippen molar-refractivity contribution < 1.29 is 33.7 Å². The van der Waals surface area contributed by atoms with Crippen molar-refractivity contribution in [3.05, 3.63) is 0 Å². The van der Waals surface area contributed by atoms with Crippen molar-refractivity contribution in [1.82, 2.24) is 15.1 Å². The number of hydrogen-bond acceptors (Lipinski definition) is 9. The summed E-state index contributed by atoms with van der Waals surface area (Å²) in [6, 6.07) is -0.457. The van der Waals surface area contributed by atoms with E-state index in [2.05, 4.69) is 31.0 Å². The molecule has 3 atom stereocenters. The van der Waals surface area contributed by atoms with Gasteiger partial charge in [-0.05, 0) is 78.4 Å². The lowest BCUT2D eigenvalue weighted by atomic mass is 10.0. The van der Waals surface area contributed by atoms with Crippen LogP contribution in [-0.2, 0) is 28.6 Å². The van der Waals surface area contributed by atoms with Gasteiger partial charge in [0.25, 0.3) is 0 Å². The lowest BCUT2D eigenvalue weighted by Crippen LogP contribution is -2.39. The first-order chi connectivity index (χ1) is 30.2. The van der Waals surface area contributed by atoms with Crippen molar-refractivity contribution in [2.75, 3.05) is 46.9 Å². The van der Waals surface area contributed by atoms with Crippen LogP contribution in [0.15, 0.2) is 0 Å². The fraction of sp³-hybridized carbons (Fsp3) is 0.942. The smallest absolute Gasteiger partial charge is 0.323 e. The van der Waals surface area contributed by atoms with Gasteiger partial charge < -0.3 is 29.5 Å². The van der Waals surface area contributed by atoms with Gasteiger partial charge in [-0.15, -0.1) is 0 Å². The fourth-order valence-corrected chi connectivity index (χ4v) is 8.65. The van der Waals surface area contributed by atoms with E-state index in [1.807, 2.05) is 19.0 Å². The molecule has 1 aliphatic rings. The highest BCUT2D eigenvalue weighted by atomic mass is 16.6. The van der Waals surface area contributed by atoms with E-state index in [1.54, 1.807) is 0 Å². The number of unbranched alkanes of at least 4 members (excludes halogenated alkanes) is 24. The average molecular weight is 880 g/mol. The Labute approximate surface area is 382 Å². The monoisotopic (exact) mass is 880 g/mol. The number of carbonyl (C=O) groups excluding carboxylic acids is 3. The lowest BCUT2D eigenvalue weighted by Gasteiger charge is -2.22. The van der Waals surface area contributed by atoms with E-state index in [9.17, 15) is 19.5 Å². The molecule has 10 heteroatoms. The summed E-state index contributed by atoms with van der Waals surface area (Å²) in [5, 5.41) is 13.9. The summed E-state index contributed by atoms with van der Waals surface area (Å²) in [5.74, 6) is -0.300. The van der Waals surface area contributed by atoms with Crippen LogP contribution >= 0.6 is 0 Å². The molecule has 1 heterocycles. The van der Waals surface area contributed by atoms with E-state index in [0.717, 1.165) is 83.6 Å².